The number of benzene rings is 2. The van der Waals surface area contributed by atoms with E-state index in [0.29, 0.717) is 5.92 Å². The molecule has 0 saturated carbocycles. The fraction of sp³-hybridized carbons (Fsp3) is 0.478. The Bertz CT molecular complexity index is 625. The molecule has 23 heavy (non-hydrogen) atoms. The van der Waals surface area contributed by atoms with Gasteiger partial charge in [-0.1, -0.05) is 95.6 Å². The van der Waals surface area contributed by atoms with Crippen LogP contribution in [-0.2, 0) is 10.8 Å². The Kier molecular flexibility index (Phi) is 5.04. The van der Waals surface area contributed by atoms with Crippen LogP contribution in [0, 0.1) is 6.92 Å². The van der Waals surface area contributed by atoms with Crippen LogP contribution in [-0.4, -0.2) is 0 Å². The summed E-state index contributed by atoms with van der Waals surface area (Å²) in [5.41, 5.74) is 5.92. The maximum Gasteiger partial charge on any atom is -0.00953 e. The zero-order chi connectivity index (χ0) is 17.3. The van der Waals surface area contributed by atoms with Gasteiger partial charge in [-0.2, -0.15) is 0 Å². The van der Waals surface area contributed by atoms with Crippen molar-refractivity contribution in [3.05, 3.63) is 70.8 Å². The predicted molar refractivity (Wildman–Crippen MR) is 102 cm³/mol. The number of rotatable bonds is 5. The van der Waals surface area contributed by atoms with Crippen LogP contribution in [0.3, 0.4) is 0 Å². The third-order valence-electron chi connectivity index (χ3n) is 5.08. The SMILES string of the molecule is Cc1ccc(C(C)(C)CC(C)(C)c2ccc(C(C)C)cc2)cc1. The molecule has 0 aliphatic rings. The lowest BCUT2D eigenvalue weighted by Crippen LogP contribution is -2.29. The highest BCUT2D eigenvalue weighted by molar-refractivity contribution is 5.33. The quantitative estimate of drug-likeness (QED) is 0.572. The number of hydrogen-bond acceptors (Lipinski definition) is 0. The molecule has 0 aliphatic carbocycles. The summed E-state index contributed by atoms with van der Waals surface area (Å²) >= 11 is 0. The first-order chi connectivity index (χ1) is 10.6. The third kappa shape index (κ3) is 4.25. The summed E-state index contributed by atoms with van der Waals surface area (Å²) < 4.78 is 0. The Morgan fingerprint density at radius 1 is 0.696 bits per heavy atom. The van der Waals surface area contributed by atoms with Gasteiger partial charge in [-0.3, -0.25) is 0 Å². The molecular weight excluding hydrogens is 276 g/mol. The zero-order valence-corrected chi connectivity index (χ0v) is 15.9. The van der Waals surface area contributed by atoms with E-state index in [4.69, 9.17) is 0 Å². The molecule has 0 atom stereocenters. The van der Waals surface area contributed by atoms with E-state index in [1.54, 1.807) is 0 Å². The van der Waals surface area contributed by atoms with Gasteiger partial charge in [-0.25, -0.2) is 0 Å². The fourth-order valence-electron chi connectivity index (χ4n) is 3.63. The van der Waals surface area contributed by atoms with Gasteiger partial charge in [0.05, 0.1) is 0 Å². The Hall–Kier alpha value is -1.56. The Morgan fingerprint density at radius 3 is 1.48 bits per heavy atom. The number of hydrogen-bond donors (Lipinski definition) is 0. The van der Waals surface area contributed by atoms with Crippen molar-refractivity contribution in [3.8, 4) is 0 Å². The summed E-state index contributed by atoms with van der Waals surface area (Å²) in [6.07, 6.45) is 1.13. The van der Waals surface area contributed by atoms with Gasteiger partial charge in [0.25, 0.3) is 0 Å². The molecule has 0 aliphatic heterocycles. The molecule has 0 spiro atoms. The minimum Gasteiger partial charge on any atom is -0.0590 e. The second kappa shape index (κ2) is 6.51. The van der Waals surface area contributed by atoms with Gasteiger partial charge in [0, 0.05) is 0 Å². The van der Waals surface area contributed by atoms with Crippen LogP contribution in [0.25, 0.3) is 0 Å². The molecule has 0 amide bonds. The minimum atomic E-state index is 0.157. The first-order valence-electron chi connectivity index (χ1n) is 8.79. The van der Waals surface area contributed by atoms with Crippen molar-refractivity contribution in [1.29, 1.82) is 0 Å². The zero-order valence-electron chi connectivity index (χ0n) is 15.9. The smallest absolute Gasteiger partial charge is 0.00953 e. The lowest BCUT2D eigenvalue weighted by atomic mass is 9.68. The van der Waals surface area contributed by atoms with E-state index in [9.17, 15) is 0 Å². The van der Waals surface area contributed by atoms with Crippen LogP contribution < -0.4 is 0 Å². The monoisotopic (exact) mass is 308 g/mol. The van der Waals surface area contributed by atoms with Gasteiger partial charge < -0.3 is 0 Å². The van der Waals surface area contributed by atoms with Crippen molar-refractivity contribution in [2.24, 2.45) is 0 Å². The molecule has 2 rings (SSSR count). The maximum absolute atomic E-state index is 2.37. The van der Waals surface area contributed by atoms with Gasteiger partial charge in [0.15, 0.2) is 0 Å². The normalized spacial score (nSPS) is 12.7. The summed E-state index contributed by atoms with van der Waals surface area (Å²) in [6.45, 7) is 16.1. The Morgan fingerprint density at radius 2 is 1.09 bits per heavy atom. The molecule has 0 bridgehead atoms. The highest BCUT2D eigenvalue weighted by atomic mass is 14.4. The van der Waals surface area contributed by atoms with Gasteiger partial charge >= 0.3 is 0 Å². The average molecular weight is 309 g/mol. The Balaban J connectivity index is 2.23. The fourth-order valence-corrected chi connectivity index (χ4v) is 3.63. The van der Waals surface area contributed by atoms with E-state index in [1.165, 1.54) is 22.3 Å². The van der Waals surface area contributed by atoms with Crippen molar-refractivity contribution in [3.63, 3.8) is 0 Å². The van der Waals surface area contributed by atoms with Crippen LogP contribution in [0.4, 0.5) is 0 Å². The molecule has 124 valence electrons. The van der Waals surface area contributed by atoms with Gasteiger partial charge in [0.1, 0.15) is 0 Å². The van der Waals surface area contributed by atoms with Crippen molar-refractivity contribution < 1.29 is 0 Å². The molecule has 0 fully saturated rings. The molecule has 2 aromatic carbocycles. The van der Waals surface area contributed by atoms with Crippen LogP contribution in [0.1, 0.15) is 76.1 Å². The van der Waals surface area contributed by atoms with Gasteiger partial charge in [-0.05, 0) is 46.8 Å². The van der Waals surface area contributed by atoms with Crippen molar-refractivity contribution in [2.75, 3.05) is 0 Å². The van der Waals surface area contributed by atoms with Crippen LogP contribution >= 0.6 is 0 Å². The van der Waals surface area contributed by atoms with Crippen molar-refractivity contribution >= 4 is 0 Å². The molecule has 0 saturated heterocycles. The third-order valence-corrected chi connectivity index (χ3v) is 5.08. The predicted octanol–water partition coefficient (Wildman–Crippen LogP) is 6.76. The van der Waals surface area contributed by atoms with E-state index < -0.39 is 0 Å². The summed E-state index contributed by atoms with van der Waals surface area (Å²) in [5.74, 6) is 0.594. The lowest BCUT2D eigenvalue weighted by molar-refractivity contribution is 0.349. The standard InChI is InChI=1S/C23H32/c1-17(2)19-10-14-21(15-11-19)23(6,7)16-22(4,5)20-12-8-18(3)9-13-20/h8-15,17H,16H2,1-7H3. The van der Waals surface area contributed by atoms with E-state index in [1.807, 2.05) is 0 Å². The summed E-state index contributed by atoms with van der Waals surface area (Å²) in [4.78, 5) is 0. The van der Waals surface area contributed by atoms with Crippen LogP contribution in [0.2, 0.25) is 0 Å². The highest BCUT2D eigenvalue weighted by Crippen LogP contribution is 2.39. The van der Waals surface area contributed by atoms with Crippen LogP contribution in [0.15, 0.2) is 48.5 Å². The molecule has 0 unspecified atom stereocenters. The summed E-state index contributed by atoms with van der Waals surface area (Å²) in [7, 11) is 0. The van der Waals surface area contributed by atoms with Crippen LogP contribution in [0.5, 0.6) is 0 Å². The van der Waals surface area contributed by atoms with E-state index in [0.717, 1.165) is 6.42 Å². The van der Waals surface area contributed by atoms with Gasteiger partial charge in [-0.15, -0.1) is 0 Å². The van der Waals surface area contributed by atoms with E-state index in [2.05, 4.69) is 97.0 Å². The first-order valence-corrected chi connectivity index (χ1v) is 8.79. The van der Waals surface area contributed by atoms with Crippen molar-refractivity contribution in [1.82, 2.24) is 0 Å². The molecule has 0 radical (unpaired) electrons. The molecule has 0 N–H and O–H groups in total. The second-order valence-corrected chi connectivity index (χ2v) is 8.59. The first kappa shape index (κ1) is 17.8. The van der Waals surface area contributed by atoms with E-state index >= 15 is 0 Å². The van der Waals surface area contributed by atoms with Crippen molar-refractivity contribution in [2.45, 2.75) is 71.6 Å². The Labute approximate surface area is 143 Å². The lowest BCUT2D eigenvalue weighted by Gasteiger charge is -2.36. The summed E-state index contributed by atoms with van der Waals surface area (Å²) in [6, 6.07) is 18.2. The molecule has 0 aromatic heterocycles. The average Bonchev–Trinajstić information content (AvgIpc) is 2.46. The minimum absolute atomic E-state index is 0.157. The second-order valence-electron chi connectivity index (χ2n) is 8.59. The van der Waals surface area contributed by atoms with Gasteiger partial charge in [0.2, 0.25) is 0 Å². The summed E-state index contributed by atoms with van der Waals surface area (Å²) in [5, 5.41) is 0. The number of aryl methyl sites for hydroxylation is 1. The molecule has 0 nitrogen and oxygen atoms in total. The maximum atomic E-state index is 2.37. The van der Waals surface area contributed by atoms with E-state index in [-0.39, 0.29) is 10.8 Å². The topological polar surface area (TPSA) is 0 Å². The highest BCUT2D eigenvalue weighted by Gasteiger charge is 2.31. The molecule has 0 heteroatoms. The molecule has 0 heterocycles. The molecule has 2 aromatic rings. The largest absolute Gasteiger partial charge is 0.0590 e. The molecular formula is C23H32.